The fourth-order valence-electron chi connectivity index (χ4n) is 7.28. The van der Waals surface area contributed by atoms with Gasteiger partial charge in [0.05, 0.1) is 17.7 Å². The van der Waals surface area contributed by atoms with Crippen LogP contribution in [0.5, 0.6) is 5.75 Å². The molecule has 45 heavy (non-hydrogen) atoms. The fourth-order valence-corrected chi connectivity index (χ4v) is 7.28. The van der Waals surface area contributed by atoms with E-state index in [-0.39, 0.29) is 46.7 Å². The number of carbonyl (C=O) groups excluding carboxylic acids is 3. The molecule has 3 unspecified atom stereocenters. The van der Waals surface area contributed by atoms with E-state index in [2.05, 4.69) is 5.32 Å². The molecule has 7 N–H and O–H groups in total. The summed E-state index contributed by atoms with van der Waals surface area (Å²) in [6.45, 7) is 4.05. The third-order valence-corrected chi connectivity index (χ3v) is 9.17. The zero-order valence-electron chi connectivity index (χ0n) is 27.1. The van der Waals surface area contributed by atoms with E-state index in [1.54, 1.807) is 24.3 Å². The number of phenolic OH excluding ortho intramolecular Hbond substituents is 1. The Balaban J connectivity index is 0.00000148. The molecule has 242 valence electrons. The molecular weight excluding hydrogens is 572 g/mol. The van der Waals surface area contributed by atoms with Crippen molar-refractivity contribution in [2.75, 3.05) is 39.7 Å². The zero-order valence-corrected chi connectivity index (χ0v) is 27.1. The molecule has 5 rings (SSSR count). The van der Waals surface area contributed by atoms with Gasteiger partial charge in [0.25, 0.3) is 0 Å². The first kappa shape index (κ1) is 33.6. The summed E-state index contributed by atoms with van der Waals surface area (Å²) in [4.78, 5) is 41.0. The molecule has 0 spiro atoms. The van der Waals surface area contributed by atoms with Crippen LogP contribution in [0.25, 0.3) is 11.1 Å². The van der Waals surface area contributed by atoms with Crippen molar-refractivity contribution in [3.05, 3.63) is 69.7 Å². The lowest BCUT2D eigenvalue weighted by molar-refractivity contribution is -0.115. The number of ketones is 1. The second-order valence-electron chi connectivity index (χ2n) is 12.8. The molecule has 0 aromatic heterocycles. The summed E-state index contributed by atoms with van der Waals surface area (Å²) in [7, 11) is 7.53. The van der Waals surface area contributed by atoms with Gasteiger partial charge in [0.15, 0.2) is 5.78 Å². The number of benzene rings is 2. The van der Waals surface area contributed by atoms with Crippen LogP contribution in [0.15, 0.2) is 53.0 Å². The fraction of sp³-hybridized carbons (Fsp3) is 0.457. The minimum atomic E-state index is -0.814. The predicted molar refractivity (Wildman–Crippen MR) is 175 cm³/mol. The number of amides is 2. The van der Waals surface area contributed by atoms with Crippen LogP contribution in [0.2, 0.25) is 0 Å². The molecule has 0 heterocycles. The molecular formula is C35H46N4O6. The van der Waals surface area contributed by atoms with Crippen LogP contribution in [0, 0.1) is 17.3 Å². The average Bonchev–Trinajstić information content (AvgIpc) is 3.04. The van der Waals surface area contributed by atoms with Gasteiger partial charge in [-0.15, -0.1) is 0 Å². The summed E-state index contributed by atoms with van der Waals surface area (Å²) in [5.41, 5.74) is 14.3. The molecule has 0 saturated carbocycles. The van der Waals surface area contributed by atoms with Crippen LogP contribution >= 0.6 is 0 Å². The zero-order chi connectivity index (χ0) is 33.2. The average molecular weight is 619 g/mol. The monoisotopic (exact) mass is 618 g/mol. The number of aliphatic hydroxyl groups is 1. The van der Waals surface area contributed by atoms with Gasteiger partial charge in [0.1, 0.15) is 17.3 Å². The van der Waals surface area contributed by atoms with Gasteiger partial charge in [-0.25, -0.2) is 0 Å². The molecule has 2 amide bonds. The van der Waals surface area contributed by atoms with Gasteiger partial charge in [-0.05, 0) is 87.9 Å². The largest absolute Gasteiger partial charge is 0.512 e. The van der Waals surface area contributed by atoms with E-state index in [0.717, 1.165) is 17.7 Å². The van der Waals surface area contributed by atoms with E-state index in [9.17, 15) is 24.6 Å². The predicted octanol–water partition coefficient (Wildman–Crippen LogP) is 4.60. The lowest BCUT2D eigenvalue weighted by Crippen LogP contribution is -2.33. The van der Waals surface area contributed by atoms with Crippen LogP contribution in [0.1, 0.15) is 72.2 Å². The van der Waals surface area contributed by atoms with E-state index in [1.165, 1.54) is 0 Å². The number of hydrogen-bond acceptors (Lipinski definition) is 8. The molecule has 3 aliphatic rings. The first-order valence-electron chi connectivity index (χ1n) is 15.5. The minimum Gasteiger partial charge on any atom is -0.512 e. The minimum absolute atomic E-state index is 0.0312. The van der Waals surface area contributed by atoms with Crippen LogP contribution < -0.4 is 21.7 Å². The number of carbonyl (C=O) groups is 3. The summed E-state index contributed by atoms with van der Waals surface area (Å²) >= 11 is 0. The number of primary amides is 2. The topological polar surface area (TPSA) is 168 Å². The smallest absolute Gasteiger partial charge is 0.248 e. The maximum atomic E-state index is 14.6. The van der Waals surface area contributed by atoms with Gasteiger partial charge < -0.3 is 36.6 Å². The lowest BCUT2D eigenvalue weighted by Gasteiger charge is -2.35. The number of rotatable bonds is 6. The standard InChI is InChI=1S/C33H39N3O6.C2H7N/c1-5-42-25-16-33(2)10-9-17(12-24(37)28(33)32(35)41)11-20-14-22-23(36(3)4)15-21(29(38)27(22)30(39)26(20)25)18-7-6-8-19(13-18)31(34)40;1-3-2/h6-8,13,15,17,20,37-38H,5,9-12,14,16H2,1-4H3,(H2,34,40)(H2,35,41);3H,1-2H3/b26-25-;. The van der Waals surface area contributed by atoms with Gasteiger partial charge in [-0.3, -0.25) is 14.4 Å². The highest BCUT2D eigenvalue weighted by molar-refractivity contribution is 6.15. The van der Waals surface area contributed by atoms with Gasteiger partial charge >= 0.3 is 0 Å². The highest BCUT2D eigenvalue weighted by Crippen LogP contribution is 2.52. The Hall–Kier alpha value is -4.31. The van der Waals surface area contributed by atoms with E-state index < -0.39 is 17.2 Å². The van der Waals surface area contributed by atoms with Crippen molar-refractivity contribution in [2.45, 2.75) is 52.4 Å². The van der Waals surface area contributed by atoms with E-state index in [0.29, 0.717) is 60.3 Å². The molecule has 2 aromatic rings. The van der Waals surface area contributed by atoms with Crippen LogP contribution in [-0.4, -0.2) is 62.6 Å². The van der Waals surface area contributed by atoms with Gasteiger partial charge in [0.2, 0.25) is 11.8 Å². The summed E-state index contributed by atoms with van der Waals surface area (Å²) in [6.07, 6.45) is 3.04. The third-order valence-electron chi connectivity index (χ3n) is 9.17. The van der Waals surface area contributed by atoms with Gasteiger partial charge in [0, 0.05) is 54.7 Å². The Labute approximate surface area is 265 Å². The number of ether oxygens (including phenoxy) is 1. The number of nitrogens with zero attached hydrogens (tertiary/aromatic N) is 1. The third kappa shape index (κ3) is 6.42. The summed E-state index contributed by atoms with van der Waals surface area (Å²) in [5.74, 6) is -1.39. The number of anilines is 1. The van der Waals surface area contributed by atoms with E-state index >= 15 is 0 Å². The Morgan fingerprint density at radius 3 is 2.40 bits per heavy atom. The van der Waals surface area contributed by atoms with Crippen molar-refractivity contribution in [3.8, 4) is 16.9 Å². The van der Waals surface area contributed by atoms with Gasteiger partial charge in [-0.2, -0.15) is 0 Å². The molecule has 0 aliphatic heterocycles. The Kier molecular flexibility index (Phi) is 9.97. The summed E-state index contributed by atoms with van der Waals surface area (Å²) < 4.78 is 6.18. The van der Waals surface area contributed by atoms with Crippen molar-refractivity contribution < 1.29 is 29.3 Å². The van der Waals surface area contributed by atoms with Crippen molar-refractivity contribution in [1.29, 1.82) is 0 Å². The van der Waals surface area contributed by atoms with Crippen molar-refractivity contribution in [1.82, 2.24) is 5.32 Å². The first-order chi connectivity index (χ1) is 21.3. The van der Waals surface area contributed by atoms with Gasteiger partial charge in [-0.1, -0.05) is 19.1 Å². The van der Waals surface area contributed by atoms with Crippen LogP contribution in [0.3, 0.4) is 0 Å². The Morgan fingerprint density at radius 1 is 1.11 bits per heavy atom. The summed E-state index contributed by atoms with van der Waals surface area (Å²) in [5, 5.41) is 25.5. The lowest BCUT2D eigenvalue weighted by atomic mass is 9.71. The molecule has 0 fully saturated rings. The highest BCUT2D eigenvalue weighted by Gasteiger charge is 2.46. The first-order valence-corrected chi connectivity index (χ1v) is 15.5. The van der Waals surface area contributed by atoms with Crippen molar-refractivity contribution >= 4 is 23.3 Å². The molecule has 2 bridgehead atoms. The number of aromatic hydroxyl groups is 1. The molecule has 0 saturated heterocycles. The number of allylic oxidation sites excluding steroid dienone is 3. The van der Waals surface area contributed by atoms with Crippen molar-refractivity contribution in [3.63, 3.8) is 0 Å². The Bertz CT molecular complexity index is 1580. The second kappa shape index (κ2) is 13.4. The number of Topliss-reactive ketones (excluding diaryl/α,β-unsaturated/α-hetero) is 1. The number of nitrogens with one attached hydrogen (secondary N) is 1. The number of aliphatic hydroxyl groups excluding tert-OH is 1. The maximum absolute atomic E-state index is 14.6. The molecule has 10 nitrogen and oxygen atoms in total. The SMILES string of the molecule is CCO/C1=C2\C(=O)c3c(O)c(-c4cccc(C(N)=O)c4)cc(N(C)C)c3CC2CC2CCC(C)(C1)C(C(N)=O)=C(O)C2.CNC. The molecule has 2 aromatic carbocycles. The van der Waals surface area contributed by atoms with Crippen LogP contribution in [0.4, 0.5) is 5.69 Å². The number of fused-ring (bicyclic) bond motifs is 5. The number of nitrogens with two attached hydrogens (primary N) is 2. The van der Waals surface area contributed by atoms with E-state index in [4.69, 9.17) is 16.2 Å². The van der Waals surface area contributed by atoms with E-state index in [1.807, 2.05) is 53.0 Å². The van der Waals surface area contributed by atoms with Crippen LogP contribution in [-0.2, 0) is 16.0 Å². The highest BCUT2D eigenvalue weighted by atomic mass is 16.5. The maximum Gasteiger partial charge on any atom is 0.248 e. The molecule has 3 atom stereocenters. The number of hydrogen-bond donors (Lipinski definition) is 5. The number of phenols is 1. The quantitative estimate of drug-likeness (QED) is 0.313. The molecule has 0 radical (unpaired) electrons. The second-order valence-corrected chi connectivity index (χ2v) is 12.8. The molecule has 10 heteroatoms. The molecule has 3 aliphatic carbocycles. The Morgan fingerprint density at radius 2 is 1.80 bits per heavy atom. The normalized spacial score (nSPS) is 24.2. The summed E-state index contributed by atoms with van der Waals surface area (Å²) in [6, 6.07) is 8.51. The van der Waals surface area contributed by atoms with Crippen molar-refractivity contribution in [2.24, 2.45) is 28.7 Å².